The topological polar surface area (TPSA) is 77.2 Å². The van der Waals surface area contributed by atoms with Crippen molar-refractivity contribution in [3.63, 3.8) is 0 Å². The number of aromatic amines is 1. The molecule has 0 bridgehead atoms. The molecule has 2 aromatic rings. The maximum Gasteiger partial charge on any atom is 0.256 e. The van der Waals surface area contributed by atoms with Gasteiger partial charge in [-0.15, -0.1) is 0 Å². The van der Waals surface area contributed by atoms with Gasteiger partial charge in [0.1, 0.15) is 5.82 Å². The van der Waals surface area contributed by atoms with Gasteiger partial charge < -0.3 is 20.5 Å². The number of allylic oxidation sites excluding steroid dienone is 1. The van der Waals surface area contributed by atoms with Crippen LogP contribution in [0.3, 0.4) is 0 Å². The van der Waals surface area contributed by atoms with Gasteiger partial charge in [0, 0.05) is 30.0 Å². The Morgan fingerprint density at radius 2 is 2.00 bits per heavy atom. The van der Waals surface area contributed by atoms with Gasteiger partial charge in [0.25, 0.3) is 11.8 Å². The Balaban J connectivity index is 1.63. The molecule has 0 spiro atoms. The summed E-state index contributed by atoms with van der Waals surface area (Å²) in [5.41, 5.74) is 5.95. The first-order valence-corrected chi connectivity index (χ1v) is 10.5. The number of halogens is 1. The number of fused-ring (bicyclic) bond motifs is 2. The molecular weight excluding hydrogens is 383 g/mol. The second-order valence-electron chi connectivity index (χ2n) is 7.76. The number of benzene rings is 1. The molecule has 0 atom stereocenters. The van der Waals surface area contributed by atoms with Crippen LogP contribution in [0.25, 0.3) is 11.1 Å². The number of aryl methyl sites for hydroxylation is 1. The van der Waals surface area contributed by atoms with Crippen molar-refractivity contribution in [2.75, 3.05) is 31.5 Å². The van der Waals surface area contributed by atoms with Gasteiger partial charge in [-0.05, 0) is 62.2 Å². The number of H-pyrrole nitrogens is 1. The molecule has 0 fully saturated rings. The number of aromatic nitrogens is 1. The van der Waals surface area contributed by atoms with E-state index in [4.69, 9.17) is 0 Å². The van der Waals surface area contributed by atoms with Crippen LogP contribution in [0, 0.1) is 12.7 Å². The standard InChI is InChI=1S/C23H27FN4O2/c1-4-28(5-2)11-10-25-22(29)19-13(3)26-21-16(19)8-9-17(21)20-15-7-6-14(24)12-18(15)27-23(20)30/h6-7,12,26H,4-5,8-11H2,1-3H3,(H,25,29)(H,27,30)/b20-17-. The number of likely N-dealkylation sites (N-methyl/N-ethyl adjacent to an activating group) is 1. The fraction of sp³-hybridized carbons (Fsp3) is 0.391. The number of hydrogen-bond donors (Lipinski definition) is 3. The monoisotopic (exact) mass is 410 g/mol. The highest BCUT2D eigenvalue weighted by molar-refractivity contribution is 6.37. The quantitative estimate of drug-likeness (QED) is 0.639. The largest absolute Gasteiger partial charge is 0.358 e. The average molecular weight is 410 g/mol. The Bertz CT molecular complexity index is 1050. The van der Waals surface area contributed by atoms with Crippen molar-refractivity contribution in [2.24, 2.45) is 0 Å². The Morgan fingerprint density at radius 3 is 2.73 bits per heavy atom. The van der Waals surface area contributed by atoms with E-state index in [2.05, 4.69) is 34.4 Å². The molecule has 1 aromatic heterocycles. The van der Waals surface area contributed by atoms with E-state index in [1.165, 1.54) is 12.1 Å². The fourth-order valence-electron chi connectivity index (χ4n) is 4.52. The summed E-state index contributed by atoms with van der Waals surface area (Å²) >= 11 is 0. The van der Waals surface area contributed by atoms with Crippen LogP contribution in [0.2, 0.25) is 0 Å². The summed E-state index contributed by atoms with van der Waals surface area (Å²) in [7, 11) is 0. The van der Waals surface area contributed by atoms with Crippen LogP contribution < -0.4 is 10.6 Å². The molecule has 4 rings (SSSR count). The molecular formula is C23H27FN4O2. The van der Waals surface area contributed by atoms with E-state index in [9.17, 15) is 14.0 Å². The lowest BCUT2D eigenvalue weighted by atomic mass is 9.99. The molecule has 2 aliphatic rings. The van der Waals surface area contributed by atoms with Crippen LogP contribution in [0.15, 0.2) is 18.2 Å². The molecule has 0 unspecified atom stereocenters. The Morgan fingerprint density at radius 1 is 1.23 bits per heavy atom. The first kappa shape index (κ1) is 20.3. The number of rotatable bonds is 6. The summed E-state index contributed by atoms with van der Waals surface area (Å²) in [5, 5.41) is 5.79. The molecule has 1 aliphatic heterocycles. The summed E-state index contributed by atoms with van der Waals surface area (Å²) in [5.74, 6) is -0.690. The third-order valence-corrected chi connectivity index (χ3v) is 6.08. The van der Waals surface area contributed by atoms with Gasteiger partial charge in [0.2, 0.25) is 0 Å². The molecule has 2 amide bonds. The lowest BCUT2D eigenvalue weighted by Crippen LogP contribution is -2.35. The van der Waals surface area contributed by atoms with Crippen LogP contribution in [0.1, 0.15) is 53.1 Å². The summed E-state index contributed by atoms with van der Waals surface area (Å²) in [6.45, 7) is 9.41. The average Bonchev–Trinajstić information content (AvgIpc) is 3.35. The molecule has 0 saturated carbocycles. The molecule has 7 heteroatoms. The van der Waals surface area contributed by atoms with Crippen molar-refractivity contribution in [2.45, 2.75) is 33.6 Å². The zero-order chi connectivity index (χ0) is 21.4. The van der Waals surface area contributed by atoms with E-state index in [0.29, 0.717) is 41.8 Å². The van der Waals surface area contributed by atoms with Gasteiger partial charge in [-0.2, -0.15) is 0 Å². The number of anilines is 1. The van der Waals surface area contributed by atoms with E-state index >= 15 is 0 Å². The smallest absolute Gasteiger partial charge is 0.256 e. The van der Waals surface area contributed by atoms with E-state index in [1.807, 2.05) is 6.92 Å². The molecule has 6 nitrogen and oxygen atoms in total. The third-order valence-electron chi connectivity index (χ3n) is 6.08. The van der Waals surface area contributed by atoms with E-state index < -0.39 is 0 Å². The molecule has 0 radical (unpaired) electrons. The summed E-state index contributed by atoms with van der Waals surface area (Å²) in [6.07, 6.45) is 1.36. The van der Waals surface area contributed by atoms with Crippen LogP contribution in [-0.2, 0) is 11.2 Å². The lowest BCUT2D eigenvalue weighted by molar-refractivity contribution is -0.110. The van der Waals surface area contributed by atoms with Gasteiger partial charge >= 0.3 is 0 Å². The summed E-state index contributed by atoms with van der Waals surface area (Å²) in [4.78, 5) is 31.1. The highest BCUT2D eigenvalue weighted by Gasteiger charge is 2.34. The second-order valence-corrected chi connectivity index (χ2v) is 7.76. The van der Waals surface area contributed by atoms with E-state index in [1.54, 1.807) is 6.07 Å². The summed E-state index contributed by atoms with van der Waals surface area (Å²) < 4.78 is 13.6. The van der Waals surface area contributed by atoms with Crippen molar-refractivity contribution >= 4 is 28.6 Å². The Hall–Kier alpha value is -2.93. The molecule has 0 saturated heterocycles. The Labute approximate surface area is 175 Å². The highest BCUT2D eigenvalue weighted by atomic mass is 19.1. The first-order valence-electron chi connectivity index (χ1n) is 10.5. The molecule has 1 aliphatic carbocycles. The molecule has 3 N–H and O–H groups in total. The van der Waals surface area contributed by atoms with Gasteiger partial charge in [0.15, 0.2) is 0 Å². The van der Waals surface area contributed by atoms with Crippen molar-refractivity contribution in [3.05, 3.63) is 52.1 Å². The maximum atomic E-state index is 13.6. The van der Waals surface area contributed by atoms with Crippen LogP contribution >= 0.6 is 0 Å². The third kappa shape index (κ3) is 3.43. The summed E-state index contributed by atoms with van der Waals surface area (Å²) in [6, 6.07) is 4.34. The van der Waals surface area contributed by atoms with Crippen LogP contribution in [-0.4, -0.2) is 47.9 Å². The minimum absolute atomic E-state index is 0.0817. The minimum atomic E-state index is -0.383. The highest BCUT2D eigenvalue weighted by Crippen LogP contribution is 2.44. The molecule has 1 aromatic carbocycles. The van der Waals surface area contributed by atoms with E-state index in [-0.39, 0.29) is 17.6 Å². The molecule has 158 valence electrons. The maximum absolute atomic E-state index is 13.6. The normalized spacial score (nSPS) is 17.3. The fourth-order valence-corrected chi connectivity index (χ4v) is 4.52. The van der Waals surface area contributed by atoms with Gasteiger partial charge in [0.05, 0.1) is 16.8 Å². The minimum Gasteiger partial charge on any atom is -0.358 e. The van der Waals surface area contributed by atoms with Crippen LogP contribution in [0.5, 0.6) is 0 Å². The van der Waals surface area contributed by atoms with Crippen molar-refractivity contribution in [3.8, 4) is 0 Å². The van der Waals surface area contributed by atoms with Crippen molar-refractivity contribution < 1.29 is 14.0 Å². The van der Waals surface area contributed by atoms with Gasteiger partial charge in [-0.1, -0.05) is 13.8 Å². The number of hydrogen-bond acceptors (Lipinski definition) is 3. The van der Waals surface area contributed by atoms with Crippen LogP contribution in [0.4, 0.5) is 10.1 Å². The molecule has 30 heavy (non-hydrogen) atoms. The SMILES string of the molecule is CCN(CC)CCNC(=O)c1c(C)[nH]c2c1CC/C2=C1/C(=O)Nc2cc(F)ccc21. The number of nitrogens with one attached hydrogen (secondary N) is 3. The van der Waals surface area contributed by atoms with Crippen molar-refractivity contribution in [1.29, 1.82) is 0 Å². The molecule has 2 heterocycles. The number of carbonyl (C=O) groups excluding carboxylic acids is 2. The zero-order valence-electron chi connectivity index (χ0n) is 17.6. The van der Waals surface area contributed by atoms with Gasteiger partial charge in [-0.25, -0.2) is 4.39 Å². The predicted molar refractivity (Wildman–Crippen MR) is 116 cm³/mol. The first-order chi connectivity index (χ1) is 14.4. The second kappa shape index (κ2) is 8.07. The number of amides is 2. The van der Waals surface area contributed by atoms with E-state index in [0.717, 1.165) is 42.2 Å². The van der Waals surface area contributed by atoms with Gasteiger partial charge in [-0.3, -0.25) is 9.59 Å². The number of nitrogens with zero attached hydrogens (tertiary/aromatic N) is 1. The zero-order valence-corrected chi connectivity index (χ0v) is 17.6. The predicted octanol–water partition coefficient (Wildman–Crippen LogP) is 3.34. The number of carbonyl (C=O) groups is 2. The lowest BCUT2D eigenvalue weighted by Gasteiger charge is -2.18. The Kier molecular flexibility index (Phi) is 5.47. The van der Waals surface area contributed by atoms with Crippen molar-refractivity contribution in [1.82, 2.24) is 15.2 Å².